The molecule has 0 aliphatic carbocycles. The van der Waals surface area contributed by atoms with Crippen LogP contribution in [0.4, 0.5) is 0 Å². The van der Waals surface area contributed by atoms with E-state index in [0.29, 0.717) is 30.3 Å². The number of hydrogen-bond acceptors (Lipinski definition) is 6. The van der Waals surface area contributed by atoms with Gasteiger partial charge in [-0.05, 0) is 42.3 Å². The second-order valence-electron chi connectivity index (χ2n) is 7.99. The molecule has 3 aromatic rings. The molecule has 0 saturated carbocycles. The average Bonchev–Trinajstić information content (AvgIpc) is 3.18. The lowest BCUT2D eigenvalue weighted by molar-refractivity contribution is 0.0948. The molecule has 0 fully saturated rings. The highest BCUT2D eigenvalue weighted by molar-refractivity contribution is 6.15. The van der Waals surface area contributed by atoms with E-state index in [1.165, 1.54) is 0 Å². The van der Waals surface area contributed by atoms with Crippen LogP contribution in [0.1, 0.15) is 27.0 Å². The van der Waals surface area contributed by atoms with Crippen molar-refractivity contribution in [1.29, 1.82) is 0 Å². The van der Waals surface area contributed by atoms with E-state index in [9.17, 15) is 4.79 Å². The van der Waals surface area contributed by atoms with E-state index in [1.807, 2.05) is 48.5 Å². The van der Waals surface area contributed by atoms with Crippen LogP contribution < -0.4 is 18.9 Å². The summed E-state index contributed by atoms with van der Waals surface area (Å²) in [6.07, 6.45) is 2.56. The maximum Gasteiger partial charge on any atom is 0.231 e. The minimum absolute atomic E-state index is 0.134. The van der Waals surface area contributed by atoms with E-state index in [4.69, 9.17) is 18.9 Å². The summed E-state index contributed by atoms with van der Waals surface area (Å²) in [5.74, 6) is 3.06. The Kier molecular flexibility index (Phi) is 5.75. The van der Waals surface area contributed by atoms with Gasteiger partial charge in [0.2, 0.25) is 5.78 Å². The second kappa shape index (κ2) is 9.00. The van der Waals surface area contributed by atoms with Gasteiger partial charge in [0, 0.05) is 18.7 Å². The Hall–Kier alpha value is -3.77. The van der Waals surface area contributed by atoms with Crippen molar-refractivity contribution in [1.82, 2.24) is 4.90 Å². The summed E-state index contributed by atoms with van der Waals surface area (Å²) in [6.45, 7) is 1.92. The maximum atomic E-state index is 13.0. The van der Waals surface area contributed by atoms with Gasteiger partial charge in [-0.1, -0.05) is 36.4 Å². The molecule has 0 atom stereocenters. The largest absolute Gasteiger partial charge is 0.496 e. The van der Waals surface area contributed by atoms with Crippen molar-refractivity contribution in [3.63, 3.8) is 0 Å². The third-order valence-electron chi connectivity index (χ3n) is 6.00. The van der Waals surface area contributed by atoms with Crippen molar-refractivity contribution in [2.75, 3.05) is 27.5 Å². The van der Waals surface area contributed by atoms with Crippen molar-refractivity contribution < 1.29 is 23.7 Å². The summed E-state index contributed by atoms with van der Waals surface area (Å²) >= 11 is 0. The highest BCUT2D eigenvalue weighted by Gasteiger charge is 2.33. The molecular weight excluding hydrogens is 418 g/mol. The van der Waals surface area contributed by atoms with Gasteiger partial charge in [-0.3, -0.25) is 9.69 Å². The quantitative estimate of drug-likeness (QED) is 0.514. The molecule has 0 saturated heterocycles. The number of hydrogen-bond donors (Lipinski definition) is 0. The number of rotatable bonds is 6. The number of ether oxygens (including phenoxy) is 4. The number of ketones is 1. The molecule has 0 amide bonds. The fourth-order valence-corrected chi connectivity index (χ4v) is 4.26. The van der Waals surface area contributed by atoms with Crippen molar-refractivity contribution in [3.05, 3.63) is 88.7 Å². The van der Waals surface area contributed by atoms with Gasteiger partial charge in [-0.2, -0.15) is 0 Å². The SMILES string of the molecule is COc1ccccc1/C=C1\Oc2c(ccc3c2CN(CCc2ccccc2OC)CO3)C1=O. The van der Waals surface area contributed by atoms with E-state index in [-0.39, 0.29) is 11.5 Å². The van der Waals surface area contributed by atoms with E-state index in [2.05, 4.69) is 11.0 Å². The van der Waals surface area contributed by atoms with E-state index in [1.54, 1.807) is 26.4 Å². The number of Topliss-reactive ketones (excluding diaryl/α,β-unsaturated/α-hetero) is 1. The first kappa shape index (κ1) is 21.1. The molecule has 2 aliphatic heterocycles. The van der Waals surface area contributed by atoms with Gasteiger partial charge in [0.1, 0.15) is 29.7 Å². The molecule has 3 aromatic carbocycles. The number of carbonyl (C=O) groups is 1. The molecular formula is C27H25NO5. The Morgan fingerprint density at radius 3 is 2.55 bits per heavy atom. The first-order valence-corrected chi connectivity index (χ1v) is 10.9. The average molecular weight is 443 g/mol. The van der Waals surface area contributed by atoms with E-state index >= 15 is 0 Å². The van der Waals surface area contributed by atoms with E-state index in [0.717, 1.165) is 41.2 Å². The number of carbonyl (C=O) groups excluding carboxylic acids is 1. The third-order valence-corrected chi connectivity index (χ3v) is 6.00. The van der Waals surface area contributed by atoms with Crippen molar-refractivity contribution in [2.45, 2.75) is 13.0 Å². The minimum Gasteiger partial charge on any atom is -0.496 e. The van der Waals surface area contributed by atoms with Gasteiger partial charge >= 0.3 is 0 Å². The van der Waals surface area contributed by atoms with Crippen LogP contribution in [0.3, 0.4) is 0 Å². The van der Waals surface area contributed by atoms with Crippen molar-refractivity contribution >= 4 is 11.9 Å². The second-order valence-corrected chi connectivity index (χ2v) is 7.99. The molecule has 6 heteroatoms. The molecule has 33 heavy (non-hydrogen) atoms. The van der Waals surface area contributed by atoms with Crippen LogP contribution in [0, 0.1) is 0 Å². The predicted octanol–water partition coefficient (Wildman–Crippen LogP) is 4.71. The van der Waals surface area contributed by atoms with Crippen LogP contribution in [0.2, 0.25) is 0 Å². The smallest absolute Gasteiger partial charge is 0.231 e. The molecule has 5 rings (SSSR count). The van der Waals surface area contributed by atoms with Gasteiger partial charge < -0.3 is 18.9 Å². The first-order chi connectivity index (χ1) is 16.2. The molecule has 0 aromatic heterocycles. The molecule has 168 valence electrons. The molecule has 0 N–H and O–H groups in total. The fourth-order valence-electron chi connectivity index (χ4n) is 4.26. The monoisotopic (exact) mass is 443 g/mol. The van der Waals surface area contributed by atoms with Crippen LogP contribution in [0.5, 0.6) is 23.0 Å². The van der Waals surface area contributed by atoms with Crippen LogP contribution in [0.25, 0.3) is 6.08 Å². The molecule has 0 unspecified atom stereocenters. The lowest BCUT2D eigenvalue weighted by Gasteiger charge is -2.29. The number of benzene rings is 3. The van der Waals surface area contributed by atoms with Crippen LogP contribution in [-0.2, 0) is 13.0 Å². The number of allylic oxidation sites excluding steroid dienone is 1. The molecule has 6 nitrogen and oxygen atoms in total. The van der Waals surface area contributed by atoms with E-state index < -0.39 is 0 Å². The van der Waals surface area contributed by atoms with Gasteiger partial charge in [0.15, 0.2) is 5.76 Å². The fraction of sp³-hybridized carbons (Fsp3) is 0.222. The Balaban J connectivity index is 1.37. The first-order valence-electron chi connectivity index (χ1n) is 10.9. The Bertz CT molecular complexity index is 1230. The summed E-state index contributed by atoms with van der Waals surface area (Å²) in [5, 5.41) is 0. The lowest BCUT2D eigenvalue weighted by Crippen LogP contribution is -2.33. The number of nitrogens with zero attached hydrogens (tertiary/aromatic N) is 1. The molecule has 0 bridgehead atoms. The Labute approximate surface area is 193 Å². The topological polar surface area (TPSA) is 57.2 Å². The summed E-state index contributed by atoms with van der Waals surface area (Å²) in [5.41, 5.74) is 3.40. The van der Waals surface area contributed by atoms with Crippen LogP contribution in [0.15, 0.2) is 66.4 Å². The standard InChI is InChI=1S/C27H25NO5/c1-30-22-9-5-3-7-18(22)13-14-28-16-21-24(32-17-28)12-11-20-26(29)25(33-27(20)21)15-19-8-4-6-10-23(19)31-2/h3-12,15H,13-14,16-17H2,1-2H3/b25-15-. The lowest BCUT2D eigenvalue weighted by atomic mass is 10.0. The zero-order valence-electron chi connectivity index (χ0n) is 18.7. The summed E-state index contributed by atoms with van der Waals surface area (Å²) in [7, 11) is 3.30. The van der Waals surface area contributed by atoms with Gasteiger partial charge in [-0.25, -0.2) is 0 Å². The number of methoxy groups -OCH3 is 2. The maximum absolute atomic E-state index is 13.0. The van der Waals surface area contributed by atoms with Gasteiger partial charge in [-0.15, -0.1) is 0 Å². The summed E-state index contributed by atoms with van der Waals surface area (Å²) in [4.78, 5) is 15.2. The van der Waals surface area contributed by atoms with Gasteiger partial charge in [0.25, 0.3) is 0 Å². The van der Waals surface area contributed by atoms with Crippen LogP contribution in [-0.4, -0.2) is 38.2 Å². The van der Waals surface area contributed by atoms with Gasteiger partial charge in [0.05, 0.1) is 25.3 Å². The van der Waals surface area contributed by atoms with Crippen LogP contribution >= 0.6 is 0 Å². The minimum atomic E-state index is -0.134. The summed E-state index contributed by atoms with van der Waals surface area (Å²) in [6, 6.07) is 19.2. The number of fused-ring (bicyclic) bond motifs is 3. The zero-order valence-corrected chi connectivity index (χ0v) is 18.7. The van der Waals surface area contributed by atoms with Crippen molar-refractivity contribution in [3.8, 4) is 23.0 Å². The Morgan fingerprint density at radius 1 is 0.970 bits per heavy atom. The molecule has 0 radical (unpaired) electrons. The highest BCUT2D eigenvalue weighted by atomic mass is 16.5. The Morgan fingerprint density at radius 2 is 1.73 bits per heavy atom. The molecule has 2 aliphatic rings. The van der Waals surface area contributed by atoms with Crippen molar-refractivity contribution in [2.24, 2.45) is 0 Å². The molecule has 2 heterocycles. The third kappa shape index (κ3) is 4.05. The highest BCUT2D eigenvalue weighted by Crippen LogP contribution is 2.42. The normalized spacial score (nSPS) is 16.1. The number of para-hydroxylation sites is 2. The zero-order chi connectivity index (χ0) is 22.8. The molecule has 0 spiro atoms. The summed E-state index contributed by atoms with van der Waals surface area (Å²) < 4.78 is 23.0. The predicted molar refractivity (Wildman–Crippen MR) is 125 cm³/mol.